The minimum atomic E-state index is -3.01. The lowest BCUT2D eigenvalue weighted by atomic mass is 10.1. The average Bonchev–Trinajstić information content (AvgIpc) is 3.19. The maximum atomic E-state index is 12.5. The summed E-state index contributed by atoms with van der Waals surface area (Å²) in [7, 11) is -3.01. The third kappa shape index (κ3) is 2.99. The second-order valence-electron chi connectivity index (χ2n) is 6.94. The lowest BCUT2D eigenvalue weighted by Gasteiger charge is -2.36. The van der Waals surface area contributed by atoms with Crippen molar-refractivity contribution in [2.24, 2.45) is 5.92 Å². The van der Waals surface area contributed by atoms with Crippen molar-refractivity contribution < 1.29 is 13.2 Å². The average molecular weight is 350 g/mol. The van der Waals surface area contributed by atoms with Crippen LogP contribution in [0.5, 0.6) is 0 Å². The van der Waals surface area contributed by atoms with Gasteiger partial charge in [-0.3, -0.25) is 4.79 Å². The third-order valence-corrected chi connectivity index (χ3v) is 7.07. The molecule has 0 bridgehead atoms. The van der Waals surface area contributed by atoms with Crippen molar-refractivity contribution in [2.45, 2.75) is 25.7 Å². The molecule has 2 fully saturated rings. The van der Waals surface area contributed by atoms with Crippen molar-refractivity contribution in [3.05, 3.63) is 17.3 Å². The quantitative estimate of drug-likeness (QED) is 0.749. The van der Waals surface area contributed by atoms with Crippen LogP contribution in [-0.2, 0) is 27.5 Å². The molecule has 2 aliphatic heterocycles. The molecule has 1 atom stereocenters. The SMILES string of the molecule is O=C([C@@H]1CCS(=O)(=O)C1)N1CCN(c2cc3c(nn2)CCC3)CC1. The predicted octanol–water partition coefficient (Wildman–Crippen LogP) is 0.0486. The minimum absolute atomic E-state index is 0.00392. The summed E-state index contributed by atoms with van der Waals surface area (Å²) in [5.74, 6) is 0.708. The molecule has 1 amide bonds. The van der Waals surface area contributed by atoms with Crippen molar-refractivity contribution in [2.75, 3.05) is 42.6 Å². The van der Waals surface area contributed by atoms with Crippen LogP contribution in [0.15, 0.2) is 6.07 Å². The summed E-state index contributed by atoms with van der Waals surface area (Å²) >= 11 is 0. The number of aryl methyl sites for hydroxylation is 2. The topological polar surface area (TPSA) is 83.5 Å². The Balaban J connectivity index is 1.37. The third-order valence-electron chi connectivity index (χ3n) is 5.30. The molecule has 0 aromatic carbocycles. The summed E-state index contributed by atoms with van der Waals surface area (Å²) < 4.78 is 23.1. The number of hydrogen-bond donors (Lipinski definition) is 0. The molecule has 1 aromatic heterocycles. The molecular formula is C16H22N4O3S. The van der Waals surface area contributed by atoms with Gasteiger partial charge in [-0.05, 0) is 37.3 Å². The first-order valence-corrected chi connectivity index (χ1v) is 10.4. The molecule has 0 saturated carbocycles. The Kier molecular flexibility index (Phi) is 3.94. The van der Waals surface area contributed by atoms with Crippen LogP contribution in [-0.4, -0.2) is 67.1 Å². The largest absolute Gasteiger partial charge is 0.352 e. The van der Waals surface area contributed by atoms with Gasteiger partial charge >= 0.3 is 0 Å². The van der Waals surface area contributed by atoms with Crippen molar-refractivity contribution in [3.8, 4) is 0 Å². The van der Waals surface area contributed by atoms with Crippen molar-refractivity contribution in [3.63, 3.8) is 0 Å². The van der Waals surface area contributed by atoms with E-state index in [4.69, 9.17) is 0 Å². The van der Waals surface area contributed by atoms with Gasteiger partial charge in [0.15, 0.2) is 15.7 Å². The van der Waals surface area contributed by atoms with Gasteiger partial charge < -0.3 is 9.80 Å². The highest BCUT2D eigenvalue weighted by atomic mass is 32.2. The Bertz CT molecular complexity index is 757. The Hall–Kier alpha value is -1.70. The first kappa shape index (κ1) is 15.8. The number of carbonyl (C=O) groups excluding carboxylic acids is 1. The summed E-state index contributed by atoms with van der Waals surface area (Å²) in [4.78, 5) is 16.5. The monoisotopic (exact) mass is 350 g/mol. The summed E-state index contributed by atoms with van der Waals surface area (Å²) in [5.41, 5.74) is 2.42. The molecule has 4 rings (SSSR count). The van der Waals surface area contributed by atoms with E-state index in [0.29, 0.717) is 19.5 Å². The fourth-order valence-electron chi connectivity index (χ4n) is 3.88. The van der Waals surface area contributed by atoms with Gasteiger partial charge in [0.05, 0.1) is 23.1 Å². The Morgan fingerprint density at radius 1 is 1.12 bits per heavy atom. The number of carbonyl (C=O) groups is 1. The van der Waals surface area contributed by atoms with Crippen LogP contribution < -0.4 is 4.90 Å². The van der Waals surface area contributed by atoms with Crippen LogP contribution in [0.25, 0.3) is 0 Å². The summed E-state index contributed by atoms with van der Waals surface area (Å²) in [5, 5.41) is 8.66. The Morgan fingerprint density at radius 2 is 1.92 bits per heavy atom. The first-order valence-electron chi connectivity index (χ1n) is 8.61. The zero-order chi connectivity index (χ0) is 16.7. The molecule has 0 radical (unpaired) electrons. The number of sulfone groups is 1. The van der Waals surface area contributed by atoms with Crippen molar-refractivity contribution in [1.29, 1.82) is 0 Å². The molecule has 3 aliphatic rings. The number of aromatic nitrogens is 2. The molecule has 0 spiro atoms. The van der Waals surface area contributed by atoms with E-state index in [1.165, 1.54) is 5.56 Å². The number of anilines is 1. The van der Waals surface area contributed by atoms with Gasteiger partial charge in [0.2, 0.25) is 5.91 Å². The van der Waals surface area contributed by atoms with Crippen molar-refractivity contribution >= 4 is 21.6 Å². The normalized spacial score (nSPS) is 25.8. The molecule has 3 heterocycles. The van der Waals surface area contributed by atoms with Crippen LogP contribution >= 0.6 is 0 Å². The van der Waals surface area contributed by atoms with E-state index in [1.54, 1.807) is 0 Å². The smallest absolute Gasteiger partial charge is 0.226 e. The lowest BCUT2D eigenvalue weighted by molar-refractivity contribution is -0.135. The number of hydrogen-bond acceptors (Lipinski definition) is 6. The number of fused-ring (bicyclic) bond motifs is 1. The molecule has 2 saturated heterocycles. The number of piperazine rings is 1. The second kappa shape index (κ2) is 5.98. The van der Waals surface area contributed by atoms with Crippen LogP contribution in [0.4, 0.5) is 5.82 Å². The number of nitrogens with zero attached hydrogens (tertiary/aromatic N) is 4. The van der Waals surface area contributed by atoms with Gasteiger partial charge in [-0.25, -0.2) is 8.42 Å². The highest BCUT2D eigenvalue weighted by Crippen LogP contribution is 2.25. The molecule has 24 heavy (non-hydrogen) atoms. The number of amides is 1. The molecule has 1 aliphatic carbocycles. The van der Waals surface area contributed by atoms with Crippen LogP contribution in [0.1, 0.15) is 24.1 Å². The van der Waals surface area contributed by atoms with E-state index in [-0.39, 0.29) is 23.3 Å². The van der Waals surface area contributed by atoms with Gasteiger partial charge in [-0.2, -0.15) is 5.10 Å². The maximum Gasteiger partial charge on any atom is 0.226 e. The molecule has 8 heteroatoms. The maximum absolute atomic E-state index is 12.5. The summed E-state index contributed by atoms with van der Waals surface area (Å²) in [6, 6.07) is 2.14. The molecular weight excluding hydrogens is 328 g/mol. The highest BCUT2D eigenvalue weighted by Gasteiger charge is 2.36. The van der Waals surface area contributed by atoms with Crippen LogP contribution in [0.2, 0.25) is 0 Å². The molecule has 1 aromatic rings. The minimum Gasteiger partial charge on any atom is -0.352 e. The summed E-state index contributed by atoms with van der Waals surface area (Å²) in [6.45, 7) is 2.68. The highest BCUT2D eigenvalue weighted by molar-refractivity contribution is 7.91. The van der Waals surface area contributed by atoms with E-state index in [1.807, 2.05) is 4.90 Å². The van der Waals surface area contributed by atoms with Crippen LogP contribution in [0, 0.1) is 5.92 Å². The Labute approximate surface area is 142 Å². The number of rotatable bonds is 2. The van der Waals surface area contributed by atoms with Gasteiger partial charge in [-0.15, -0.1) is 5.10 Å². The van der Waals surface area contributed by atoms with Crippen LogP contribution in [0.3, 0.4) is 0 Å². The fourth-order valence-corrected chi connectivity index (χ4v) is 5.61. The van der Waals surface area contributed by atoms with Crippen molar-refractivity contribution in [1.82, 2.24) is 15.1 Å². The molecule has 0 N–H and O–H groups in total. The second-order valence-corrected chi connectivity index (χ2v) is 9.17. The predicted molar refractivity (Wildman–Crippen MR) is 89.6 cm³/mol. The molecule has 130 valence electrons. The van der Waals surface area contributed by atoms with Gasteiger partial charge in [0.25, 0.3) is 0 Å². The van der Waals surface area contributed by atoms with E-state index in [9.17, 15) is 13.2 Å². The van der Waals surface area contributed by atoms with Gasteiger partial charge in [0.1, 0.15) is 0 Å². The van der Waals surface area contributed by atoms with E-state index in [0.717, 1.165) is 43.9 Å². The first-order chi connectivity index (χ1) is 11.5. The standard InChI is InChI=1S/C16H22N4O3S/c21-16(13-4-9-24(22,23)11-13)20-7-5-19(6-8-20)15-10-12-2-1-3-14(12)17-18-15/h10,13H,1-9,11H2/t13-/m1/s1. The van der Waals surface area contributed by atoms with E-state index < -0.39 is 9.84 Å². The fraction of sp³-hybridized carbons (Fsp3) is 0.688. The summed E-state index contributed by atoms with van der Waals surface area (Å²) in [6.07, 6.45) is 3.72. The lowest BCUT2D eigenvalue weighted by Crippen LogP contribution is -2.50. The zero-order valence-corrected chi connectivity index (χ0v) is 14.5. The van der Waals surface area contributed by atoms with Gasteiger partial charge in [0, 0.05) is 26.2 Å². The van der Waals surface area contributed by atoms with E-state index >= 15 is 0 Å². The molecule has 0 unspecified atom stereocenters. The van der Waals surface area contributed by atoms with E-state index in [2.05, 4.69) is 21.2 Å². The van der Waals surface area contributed by atoms with Gasteiger partial charge in [-0.1, -0.05) is 0 Å². The molecule has 7 nitrogen and oxygen atoms in total. The zero-order valence-electron chi connectivity index (χ0n) is 13.6. The Morgan fingerprint density at radius 3 is 2.62 bits per heavy atom.